The van der Waals surface area contributed by atoms with Gasteiger partial charge in [0.05, 0.1) is 44.8 Å². The monoisotopic (exact) mass is 850 g/mol. The number of benzene rings is 3. The standard InChI is InChI=1S/C16H18FN3O3.2C12H8N2.2ClH.Ru/c1-2-19-9-11(16(22)23)15(21)10-7-12(17)14(8-13(10)19)20-5-3-18-4-6-20;2*1-3-9-5-6-10-4-2-8-14-12(10)11(9)13-7-1;;;/h7-9,18H,2-6H2,1H3,(H,22,23);2*1-8H;2*1H;/q;;;;;+3/p-3. The molecule has 1 radical (unpaired) electrons. The first-order valence-electron chi connectivity index (χ1n) is 16.6. The number of carbonyl (C=O) groups excluding carboxylic acids is 1. The van der Waals surface area contributed by atoms with Crippen molar-refractivity contribution >= 4 is 66.2 Å². The van der Waals surface area contributed by atoms with Gasteiger partial charge in [-0.2, -0.15) is 0 Å². The Balaban J connectivity index is 0.000000183. The van der Waals surface area contributed by atoms with Crippen molar-refractivity contribution in [1.29, 1.82) is 0 Å². The molecule has 9 rings (SSSR count). The topological polar surface area (TPSA) is 129 Å². The Labute approximate surface area is 335 Å². The van der Waals surface area contributed by atoms with E-state index in [9.17, 15) is 19.1 Å². The van der Waals surface area contributed by atoms with Crippen LogP contribution >= 0.6 is 0 Å². The van der Waals surface area contributed by atoms with E-state index in [-0.39, 0.29) is 49.7 Å². The van der Waals surface area contributed by atoms with Gasteiger partial charge in [-0.25, -0.2) is 4.39 Å². The van der Waals surface area contributed by atoms with Crippen molar-refractivity contribution < 1.29 is 58.6 Å². The zero-order valence-electron chi connectivity index (χ0n) is 28.9. The number of hydrogen-bond acceptors (Lipinski definition) is 9. The van der Waals surface area contributed by atoms with E-state index in [1.807, 2.05) is 36.1 Å². The van der Waals surface area contributed by atoms with Crippen LogP contribution in [0.1, 0.15) is 17.3 Å². The number of aryl methyl sites for hydroxylation is 1. The summed E-state index contributed by atoms with van der Waals surface area (Å²) in [6.07, 6.45) is 8.47. The molecule has 54 heavy (non-hydrogen) atoms. The second-order valence-corrected chi connectivity index (χ2v) is 11.9. The number of pyridine rings is 5. The van der Waals surface area contributed by atoms with Crippen molar-refractivity contribution in [3.8, 4) is 0 Å². The van der Waals surface area contributed by atoms with Crippen LogP contribution in [0.25, 0.3) is 54.5 Å². The van der Waals surface area contributed by atoms with Crippen molar-refractivity contribution in [3.05, 3.63) is 138 Å². The number of carboxylic acid groups (broad SMARTS) is 1. The Bertz CT molecular complexity index is 2400. The summed E-state index contributed by atoms with van der Waals surface area (Å²) in [5, 5.41) is 18.9. The second kappa shape index (κ2) is 18.8. The van der Waals surface area contributed by atoms with Crippen LogP contribution in [0, 0.1) is 5.82 Å². The van der Waals surface area contributed by atoms with E-state index in [4.69, 9.17) is 0 Å². The van der Waals surface area contributed by atoms with Crippen LogP contribution in [0.5, 0.6) is 0 Å². The number of hydrogen-bond donors (Lipinski definition) is 1. The molecule has 1 aliphatic rings. The Morgan fingerprint density at radius 1 is 0.741 bits per heavy atom. The molecular formula is C40H33Cl2FN7O3Ru. The average molecular weight is 851 g/mol. The molecule has 0 aliphatic carbocycles. The minimum Gasteiger partial charge on any atom is -1.00 e. The van der Waals surface area contributed by atoms with Crippen LogP contribution in [0.4, 0.5) is 10.1 Å². The number of piperazine rings is 1. The van der Waals surface area contributed by atoms with Crippen LogP contribution in [0.3, 0.4) is 0 Å². The van der Waals surface area contributed by atoms with E-state index in [1.54, 1.807) is 35.4 Å². The predicted molar refractivity (Wildman–Crippen MR) is 197 cm³/mol. The molecule has 0 atom stereocenters. The fourth-order valence-corrected chi connectivity index (χ4v) is 6.31. The molecular weight excluding hydrogens is 817 g/mol. The summed E-state index contributed by atoms with van der Waals surface area (Å²) in [6, 6.07) is 27.0. The first-order chi connectivity index (χ1) is 24.9. The summed E-state index contributed by atoms with van der Waals surface area (Å²) >= 11 is 0. The molecule has 275 valence electrons. The van der Waals surface area contributed by atoms with E-state index in [2.05, 4.69) is 73.8 Å². The van der Waals surface area contributed by atoms with E-state index in [0.717, 1.165) is 62.8 Å². The fourth-order valence-electron chi connectivity index (χ4n) is 6.31. The molecule has 1 saturated heterocycles. The Morgan fingerprint density at radius 3 is 1.56 bits per heavy atom. The molecule has 3 aromatic carbocycles. The molecule has 1 aliphatic heterocycles. The fraction of sp³-hybridized carbons (Fsp3) is 0.150. The average Bonchev–Trinajstić information content (AvgIpc) is 3.18. The molecule has 10 nitrogen and oxygen atoms in total. The molecule has 1 fully saturated rings. The predicted octanol–water partition coefficient (Wildman–Crippen LogP) is -0.495. The van der Waals surface area contributed by atoms with E-state index >= 15 is 0 Å². The Hall–Kier alpha value is -5.13. The van der Waals surface area contributed by atoms with E-state index in [1.165, 1.54) is 6.20 Å². The van der Waals surface area contributed by atoms with E-state index in [0.29, 0.717) is 30.8 Å². The maximum Gasteiger partial charge on any atom is 3.00 e. The number of halogens is 3. The van der Waals surface area contributed by atoms with Gasteiger partial charge in [-0.05, 0) is 43.3 Å². The van der Waals surface area contributed by atoms with Crippen LogP contribution in [0.2, 0.25) is 0 Å². The molecule has 0 spiro atoms. The molecule has 6 heterocycles. The number of nitrogens with one attached hydrogen (secondary N) is 1. The van der Waals surface area contributed by atoms with Gasteiger partial charge in [-0.3, -0.25) is 24.7 Å². The third kappa shape index (κ3) is 8.64. The van der Waals surface area contributed by atoms with Gasteiger partial charge in [0.1, 0.15) is 5.82 Å². The first-order valence-corrected chi connectivity index (χ1v) is 16.6. The molecule has 5 aromatic heterocycles. The van der Waals surface area contributed by atoms with Gasteiger partial charge in [0.2, 0.25) is 0 Å². The van der Waals surface area contributed by atoms with Crippen LogP contribution in [-0.2, 0) is 26.0 Å². The quantitative estimate of drug-likeness (QED) is 0.185. The Morgan fingerprint density at radius 2 is 1.17 bits per heavy atom. The first kappa shape index (κ1) is 41.6. The molecule has 0 amide bonds. The number of nitrogens with zero attached hydrogens (tertiary/aromatic N) is 6. The van der Waals surface area contributed by atoms with Gasteiger partial charge >= 0.3 is 19.5 Å². The van der Waals surface area contributed by atoms with Crippen LogP contribution < -0.4 is 45.6 Å². The number of aromatic carboxylic acids is 1. The number of fused-ring (bicyclic) bond motifs is 7. The van der Waals surface area contributed by atoms with Crippen molar-refractivity contribution in [2.24, 2.45) is 0 Å². The van der Waals surface area contributed by atoms with Gasteiger partial charge in [-0.1, -0.05) is 48.5 Å². The molecule has 8 aromatic rings. The molecule has 0 saturated carbocycles. The maximum atomic E-state index is 14.5. The van der Waals surface area contributed by atoms with Crippen LogP contribution in [0.15, 0.2) is 121 Å². The summed E-state index contributed by atoms with van der Waals surface area (Å²) in [5.74, 6) is -2.07. The van der Waals surface area contributed by atoms with Crippen molar-refractivity contribution in [2.75, 3.05) is 31.1 Å². The summed E-state index contributed by atoms with van der Waals surface area (Å²) in [5.41, 5.74) is 3.70. The zero-order chi connectivity index (χ0) is 35.3. The number of anilines is 1. The SMILES string of the molecule is CCn1cc(C(=O)[O-])c(=O)c2cc(F)c(N3CCNCC3)cc21.[Cl-].[Cl-].[Ru+3].c1cnc2c(c1)ccc1cccnc12.c1cnc2c(c1)ccc1cccnc12. The third-order valence-corrected chi connectivity index (χ3v) is 8.86. The molecule has 1 N–H and O–H groups in total. The smallest absolute Gasteiger partial charge is 1.00 e. The normalized spacial score (nSPS) is 12.1. The number of carboxylic acids is 1. The largest absolute Gasteiger partial charge is 3.00 e. The molecule has 14 heteroatoms. The maximum absolute atomic E-state index is 14.5. The van der Waals surface area contributed by atoms with Crippen molar-refractivity contribution in [3.63, 3.8) is 0 Å². The number of aromatic nitrogens is 5. The zero-order valence-corrected chi connectivity index (χ0v) is 32.2. The summed E-state index contributed by atoms with van der Waals surface area (Å²) in [6.45, 7) is 5.18. The molecule has 0 unspecified atom stereocenters. The van der Waals surface area contributed by atoms with E-state index < -0.39 is 22.8 Å². The van der Waals surface area contributed by atoms with Gasteiger partial charge < -0.3 is 49.5 Å². The second-order valence-electron chi connectivity index (χ2n) is 11.9. The Kier molecular flexibility index (Phi) is 14.5. The summed E-state index contributed by atoms with van der Waals surface area (Å²) in [4.78, 5) is 42.7. The minimum absolute atomic E-state index is 0. The number of rotatable bonds is 3. The van der Waals surface area contributed by atoms with Gasteiger partial charge in [0.15, 0.2) is 5.43 Å². The van der Waals surface area contributed by atoms with Crippen molar-refractivity contribution in [1.82, 2.24) is 29.8 Å². The van der Waals surface area contributed by atoms with Gasteiger partial charge in [0.25, 0.3) is 0 Å². The summed E-state index contributed by atoms with van der Waals surface area (Å²) in [7, 11) is 0. The van der Waals surface area contributed by atoms with Crippen LogP contribution in [-0.4, -0.2) is 56.7 Å². The number of carbonyl (C=O) groups is 1. The van der Waals surface area contributed by atoms with Gasteiger partial charge in [-0.15, -0.1) is 0 Å². The summed E-state index contributed by atoms with van der Waals surface area (Å²) < 4.78 is 16.1. The minimum atomic E-state index is -1.55. The third-order valence-electron chi connectivity index (χ3n) is 8.86. The van der Waals surface area contributed by atoms with Gasteiger partial charge in [0, 0.05) is 90.6 Å². The molecule has 0 bridgehead atoms. The van der Waals surface area contributed by atoms with Crippen molar-refractivity contribution in [2.45, 2.75) is 13.5 Å².